The zero-order valence-electron chi connectivity index (χ0n) is 23.0. The first kappa shape index (κ1) is 30.4. The predicted molar refractivity (Wildman–Crippen MR) is 159 cm³/mol. The van der Waals surface area contributed by atoms with Crippen molar-refractivity contribution in [2.24, 2.45) is 0 Å². The Bertz CT molecular complexity index is 1410. The fourth-order valence-electron chi connectivity index (χ4n) is 4.20. The van der Waals surface area contributed by atoms with Gasteiger partial charge in [0.25, 0.3) is 10.0 Å². The van der Waals surface area contributed by atoms with Crippen LogP contribution in [0.5, 0.6) is 0 Å². The van der Waals surface area contributed by atoms with Gasteiger partial charge in [-0.3, -0.25) is 13.9 Å². The minimum Gasteiger partial charge on any atom is -0.352 e. The number of rotatable bonds is 11. The summed E-state index contributed by atoms with van der Waals surface area (Å²) in [4.78, 5) is 28.7. The van der Waals surface area contributed by atoms with Crippen molar-refractivity contribution in [1.82, 2.24) is 10.2 Å². The van der Waals surface area contributed by atoms with E-state index in [-0.39, 0.29) is 23.4 Å². The molecular formula is C30H36BrN3O4S. The smallest absolute Gasteiger partial charge is 0.264 e. The summed E-state index contributed by atoms with van der Waals surface area (Å²) in [6.45, 7) is 8.96. The van der Waals surface area contributed by atoms with Crippen molar-refractivity contribution in [3.8, 4) is 0 Å². The van der Waals surface area contributed by atoms with E-state index in [1.54, 1.807) is 31.2 Å². The number of anilines is 1. The van der Waals surface area contributed by atoms with Gasteiger partial charge < -0.3 is 10.2 Å². The summed E-state index contributed by atoms with van der Waals surface area (Å²) in [5.41, 5.74) is 2.93. The van der Waals surface area contributed by atoms with Crippen LogP contribution in [0, 0.1) is 13.8 Å². The van der Waals surface area contributed by atoms with Crippen LogP contribution >= 0.6 is 15.9 Å². The maximum Gasteiger partial charge on any atom is 0.264 e. The average molecular weight is 615 g/mol. The monoisotopic (exact) mass is 613 g/mol. The summed E-state index contributed by atoms with van der Waals surface area (Å²) in [7, 11) is -4.09. The Balaban J connectivity index is 2.05. The second-order valence-corrected chi connectivity index (χ2v) is 12.5. The molecule has 0 aliphatic carbocycles. The third kappa shape index (κ3) is 7.70. The van der Waals surface area contributed by atoms with Crippen LogP contribution in [0.2, 0.25) is 0 Å². The minimum absolute atomic E-state index is 0.0621. The second kappa shape index (κ2) is 13.3. The maximum atomic E-state index is 14.0. The topological polar surface area (TPSA) is 86.8 Å². The number of carbonyl (C=O) groups is 2. The van der Waals surface area contributed by atoms with E-state index in [0.717, 1.165) is 31.9 Å². The number of hydrogen-bond acceptors (Lipinski definition) is 4. The first-order chi connectivity index (χ1) is 18.4. The van der Waals surface area contributed by atoms with E-state index in [0.29, 0.717) is 5.69 Å². The van der Waals surface area contributed by atoms with Crippen LogP contribution in [0.3, 0.4) is 0 Å². The summed E-state index contributed by atoms with van der Waals surface area (Å²) < 4.78 is 29.8. The molecule has 1 N–H and O–H groups in total. The Morgan fingerprint density at radius 2 is 1.64 bits per heavy atom. The molecule has 3 aromatic carbocycles. The van der Waals surface area contributed by atoms with Gasteiger partial charge >= 0.3 is 0 Å². The van der Waals surface area contributed by atoms with Gasteiger partial charge in [-0.1, -0.05) is 70.9 Å². The molecule has 0 saturated heterocycles. The van der Waals surface area contributed by atoms with Gasteiger partial charge in [0.2, 0.25) is 11.8 Å². The van der Waals surface area contributed by atoms with Gasteiger partial charge in [0, 0.05) is 17.1 Å². The molecule has 0 aromatic heterocycles. The van der Waals surface area contributed by atoms with E-state index in [1.165, 1.54) is 17.0 Å². The largest absolute Gasteiger partial charge is 0.352 e. The number of nitrogens with one attached hydrogen (secondary N) is 1. The van der Waals surface area contributed by atoms with Crippen molar-refractivity contribution >= 4 is 43.5 Å². The molecule has 3 aromatic rings. The van der Waals surface area contributed by atoms with Crippen LogP contribution in [0.1, 0.15) is 43.9 Å². The van der Waals surface area contributed by atoms with Gasteiger partial charge in [0.1, 0.15) is 12.6 Å². The molecule has 0 bridgehead atoms. The highest BCUT2D eigenvalue weighted by Gasteiger charge is 2.33. The number of benzene rings is 3. The average Bonchev–Trinajstić information content (AvgIpc) is 2.90. The molecule has 0 aliphatic rings. The molecule has 9 heteroatoms. The zero-order valence-corrected chi connectivity index (χ0v) is 25.4. The van der Waals surface area contributed by atoms with Gasteiger partial charge in [-0.25, -0.2) is 8.42 Å². The number of nitrogens with zero attached hydrogens (tertiary/aromatic N) is 2. The van der Waals surface area contributed by atoms with Crippen LogP contribution in [-0.2, 0) is 26.2 Å². The van der Waals surface area contributed by atoms with E-state index >= 15 is 0 Å². The second-order valence-electron chi connectivity index (χ2n) is 9.76. The SMILES string of the molecule is CC[C@@H](C)NC(=O)[C@@H](C)N(Cc1cccc(Br)c1)C(=O)CN(c1ccc(C)cc1C)S(=O)(=O)c1ccccc1. The number of hydrogen-bond donors (Lipinski definition) is 1. The van der Waals surface area contributed by atoms with Crippen LogP contribution in [-0.4, -0.2) is 43.8 Å². The molecule has 2 amide bonds. The van der Waals surface area contributed by atoms with Gasteiger partial charge in [0.05, 0.1) is 10.6 Å². The molecule has 0 radical (unpaired) electrons. The molecule has 0 fully saturated rings. The molecule has 0 heterocycles. The molecular weight excluding hydrogens is 578 g/mol. The highest BCUT2D eigenvalue weighted by Crippen LogP contribution is 2.28. The quantitative estimate of drug-likeness (QED) is 0.305. The lowest BCUT2D eigenvalue weighted by Gasteiger charge is -2.33. The lowest BCUT2D eigenvalue weighted by molar-refractivity contribution is -0.139. The first-order valence-corrected chi connectivity index (χ1v) is 15.2. The highest BCUT2D eigenvalue weighted by atomic mass is 79.9. The van der Waals surface area contributed by atoms with Gasteiger partial charge in [-0.15, -0.1) is 0 Å². The fourth-order valence-corrected chi connectivity index (χ4v) is 6.14. The predicted octanol–water partition coefficient (Wildman–Crippen LogP) is 5.59. The molecule has 39 heavy (non-hydrogen) atoms. The summed E-state index contributed by atoms with van der Waals surface area (Å²) in [5, 5.41) is 2.94. The van der Waals surface area contributed by atoms with Crippen LogP contribution in [0.4, 0.5) is 5.69 Å². The van der Waals surface area contributed by atoms with Crippen molar-refractivity contribution in [2.45, 2.75) is 64.6 Å². The van der Waals surface area contributed by atoms with E-state index < -0.39 is 28.5 Å². The van der Waals surface area contributed by atoms with Crippen LogP contribution < -0.4 is 9.62 Å². The third-order valence-corrected chi connectivity index (χ3v) is 8.91. The highest BCUT2D eigenvalue weighted by molar-refractivity contribution is 9.10. The summed E-state index contributed by atoms with van der Waals surface area (Å²) in [6.07, 6.45) is 0.744. The molecule has 7 nitrogen and oxygen atoms in total. The Labute approximate surface area is 240 Å². The first-order valence-electron chi connectivity index (χ1n) is 12.9. The van der Waals surface area contributed by atoms with Crippen LogP contribution in [0.15, 0.2) is 82.2 Å². The molecule has 0 unspecified atom stereocenters. The van der Waals surface area contributed by atoms with E-state index in [4.69, 9.17) is 0 Å². The van der Waals surface area contributed by atoms with Crippen molar-refractivity contribution in [3.05, 3.63) is 94.0 Å². The van der Waals surface area contributed by atoms with Crippen molar-refractivity contribution < 1.29 is 18.0 Å². The Kier molecular flexibility index (Phi) is 10.3. The lowest BCUT2D eigenvalue weighted by Crippen LogP contribution is -2.52. The standard InChI is InChI=1S/C30H36BrN3O4S/c1-6-23(4)32-30(36)24(5)33(19-25-11-10-12-26(31)18-25)29(35)20-34(28-16-15-21(2)17-22(28)3)39(37,38)27-13-8-7-9-14-27/h7-18,23-24H,6,19-20H2,1-5H3,(H,32,36)/t23-,24-/m1/s1. The molecule has 0 saturated carbocycles. The Morgan fingerprint density at radius 3 is 2.26 bits per heavy atom. The van der Waals surface area contributed by atoms with Crippen LogP contribution in [0.25, 0.3) is 0 Å². The van der Waals surface area contributed by atoms with Crippen molar-refractivity contribution in [2.75, 3.05) is 10.8 Å². The van der Waals surface area contributed by atoms with E-state index in [9.17, 15) is 18.0 Å². The summed E-state index contributed by atoms with van der Waals surface area (Å²) in [6, 6.07) is 20.1. The van der Waals surface area contributed by atoms with Crippen molar-refractivity contribution in [1.29, 1.82) is 0 Å². The number of halogens is 1. The maximum absolute atomic E-state index is 14.0. The van der Waals surface area contributed by atoms with Gasteiger partial charge in [-0.05, 0) is 75.6 Å². The molecule has 0 spiro atoms. The summed E-state index contributed by atoms with van der Waals surface area (Å²) >= 11 is 3.46. The normalized spacial score (nSPS) is 12.9. The van der Waals surface area contributed by atoms with E-state index in [2.05, 4.69) is 21.2 Å². The summed E-state index contributed by atoms with van der Waals surface area (Å²) in [5.74, 6) is -0.780. The molecule has 2 atom stereocenters. The number of aryl methyl sites for hydroxylation is 2. The number of carbonyl (C=O) groups excluding carboxylic acids is 2. The fraction of sp³-hybridized carbons (Fsp3) is 0.333. The van der Waals surface area contributed by atoms with Crippen molar-refractivity contribution in [3.63, 3.8) is 0 Å². The number of amides is 2. The van der Waals surface area contributed by atoms with Gasteiger partial charge in [0.15, 0.2) is 0 Å². The molecule has 208 valence electrons. The minimum atomic E-state index is -4.09. The third-order valence-electron chi connectivity index (χ3n) is 6.64. The Morgan fingerprint density at radius 1 is 0.949 bits per heavy atom. The van der Waals surface area contributed by atoms with Gasteiger partial charge in [-0.2, -0.15) is 0 Å². The Hall–Kier alpha value is -3.17. The zero-order chi connectivity index (χ0) is 28.7. The van der Waals surface area contributed by atoms with E-state index in [1.807, 2.05) is 64.1 Å². The number of sulfonamides is 1. The molecule has 3 rings (SSSR count). The lowest BCUT2D eigenvalue weighted by atomic mass is 10.1. The molecule has 0 aliphatic heterocycles.